The topological polar surface area (TPSA) is 87.3 Å². The van der Waals surface area contributed by atoms with Crippen LogP contribution in [0, 0.1) is 0 Å². The number of carbonyl (C=O) groups excluding carboxylic acids is 1. The molecule has 0 aliphatic carbocycles. The molecule has 1 atom stereocenters. The third-order valence-corrected chi connectivity index (χ3v) is 4.91. The van der Waals surface area contributed by atoms with E-state index in [1.165, 1.54) is 6.07 Å². The number of carbonyl (C=O) groups is 1. The lowest BCUT2D eigenvalue weighted by Crippen LogP contribution is -2.36. The van der Waals surface area contributed by atoms with E-state index < -0.39 is 10.0 Å². The first-order chi connectivity index (χ1) is 9.04. The molecular weight excluding hydrogens is 266 g/mol. The van der Waals surface area contributed by atoms with Gasteiger partial charge in [0.15, 0.2) is 0 Å². The molecule has 102 valence electrons. The van der Waals surface area contributed by atoms with Gasteiger partial charge in [0.25, 0.3) is 0 Å². The number of anilines is 1. The van der Waals surface area contributed by atoms with Gasteiger partial charge in [-0.2, -0.15) is 0 Å². The second-order valence-corrected chi connectivity index (χ2v) is 6.57. The van der Waals surface area contributed by atoms with Crippen LogP contribution in [-0.2, 0) is 21.2 Å². The summed E-state index contributed by atoms with van der Waals surface area (Å²) in [6, 6.07) is 4.67. The number of sulfonamides is 1. The Balaban J connectivity index is 1.85. The van der Waals surface area contributed by atoms with Crippen molar-refractivity contribution in [2.24, 2.45) is 0 Å². The molecule has 0 saturated carbocycles. The largest absolute Gasteiger partial charge is 0.326 e. The van der Waals surface area contributed by atoms with Crippen molar-refractivity contribution in [1.29, 1.82) is 0 Å². The molecule has 0 radical (unpaired) electrons. The molecule has 1 unspecified atom stereocenters. The van der Waals surface area contributed by atoms with Gasteiger partial charge in [-0.1, -0.05) is 0 Å². The summed E-state index contributed by atoms with van der Waals surface area (Å²) in [4.78, 5) is 11.5. The van der Waals surface area contributed by atoms with Crippen molar-refractivity contribution in [3.63, 3.8) is 0 Å². The molecule has 1 fully saturated rings. The van der Waals surface area contributed by atoms with E-state index in [0.29, 0.717) is 12.2 Å². The minimum Gasteiger partial charge on any atom is -0.326 e. The monoisotopic (exact) mass is 281 g/mol. The standard InChI is InChI=1S/C12H15N3O3S/c16-12-6-8-5-10(1-2-11(8)14-12)19(17,18)15-9-3-4-13-7-9/h1-2,5,9,13,15H,3-4,6-7H2,(H,14,16). The van der Waals surface area contributed by atoms with Crippen LogP contribution in [-0.4, -0.2) is 33.5 Å². The zero-order valence-electron chi connectivity index (χ0n) is 10.3. The molecule has 6 nitrogen and oxygen atoms in total. The molecule has 0 aromatic heterocycles. The Morgan fingerprint density at radius 3 is 2.89 bits per heavy atom. The van der Waals surface area contributed by atoms with Crippen LogP contribution in [0.2, 0.25) is 0 Å². The minimum absolute atomic E-state index is 0.0574. The van der Waals surface area contributed by atoms with Gasteiger partial charge in [-0.3, -0.25) is 4.79 Å². The molecule has 1 amide bonds. The second kappa shape index (κ2) is 4.59. The van der Waals surface area contributed by atoms with E-state index in [1.54, 1.807) is 12.1 Å². The highest BCUT2D eigenvalue weighted by molar-refractivity contribution is 7.89. The summed E-state index contributed by atoms with van der Waals surface area (Å²) in [6.45, 7) is 1.49. The summed E-state index contributed by atoms with van der Waals surface area (Å²) >= 11 is 0. The maximum atomic E-state index is 12.2. The van der Waals surface area contributed by atoms with Gasteiger partial charge in [0.1, 0.15) is 0 Å². The van der Waals surface area contributed by atoms with E-state index in [-0.39, 0.29) is 23.3 Å². The summed E-state index contributed by atoms with van der Waals surface area (Å²) in [5.41, 5.74) is 1.43. The number of rotatable bonds is 3. The Morgan fingerprint density at radius 2 is 2.16 bits per heavy atom. The lowest BCUT2D eigenvalue weighted by atomic mass is 10.2. The van der Waals surface area contributed by atoms with E-state index >= 15 is 0 Å². The first kappa shape index (κ1) is 12.6. The summed E-state index contributed by atoms with van der Waals surface area (Å²) in [5, 5.41) is 5.80. The van der Waals surface area contributed by atoms with E-state index in [0.717, 1.165) is 18.5 Å². The molecule has 3 N–H and O–H groups in total. The van der Waals surface area contributed by atoms with Crippen LogP contribution < -0.4 is 15.4 Å². The first-order valence-corrected chi connectivity index (χ1v) is 7.69. The van der Waals surface area contributed by atoms with Gasteiger partial charge >= 0.3 is 0 Å². The van der Waals surface area contributed by atoms with Crippen molar-refractivity contribution in [3.05, 3.63) is 23.8 Å². The van der Waals surface area contributed by atoms with E-state index in [2.05, 4.69) is 15.4 Å². The van der Waals surface area contributed by atoms with E-state index in [9.17, 15) is 13.2 Å². The maximum Gasteiger partial charge on any atom is 0.240 e. The molecule has 1 saturated heterocycles. The van der Waals surface area contributed by atoms with Crippen molar-refractivity contribution < 1.29 is 13.2 Å². The fourth-order valence-corrected chi connectivity index (χ4v) is 3.74. The lowest BCUT2D eigenvalue weighted by molar-refractivity contribution is -0.115. The normalized spacial score (nSPS) is 22.3. The third kappa shape index (κ3) is 2.49. The van der Waals surface area contributed by atoms with Crippen molar-refractivity contribution in [3.8, 4) is 0 Å². The Kier molecular flexibility index (Phi) is 3.04. The predicted molar refractivity (Wildman–Crippen MR) is 70.4 cm³/mol. The predicted octanol–water partition coefficient (Wildman–Crippen LogP) is -0.179. The molecule has 1 aromatic rings. The molecule has 7 heteroatoms. The Hall–Kier alpha value is -1.44. The van der Waals surface area contributed by atoms with Crippen LogP contribution >= 0.6 is 0 Å². The average molecular weight is 281 g/mol. The molecule has 19 heavy (non-hydrogen) atoms. The number of nitrogens with one attached hydrogen (secondary N) is 3. The number of amides is 1. The summed E-state index contributed by atoms with van der Waals surface area (Å²) in [5.74, 6) is -0.0995. The van der Waals surface area contributed by atoms with E-state index in [1.807, 2.05) is 0 Å². The number of fused-ring (bicyclic) bond motifs is 1. The Morgan fingerprint density at radius 1 is 1.32 bits per heavy atom. The quantitative estimate of drug-likeness (QED) is 0.717. The van der Waals surface area contributed by atoms with Crippen LogP contribution in [0.4, 0.5) is 5.69 Å². The molecular formula is C12H15N3O3S. The Bertz CT molecular complexity index is 621. The fraction of sp³-hybridized carbons (Fsp3) is 0.417. The van der Waals surface area contributed by atoms with Crippen LogP contribution in [0.5, 0.6) is 0 Å². The van der Waals surface area contributed by atoms with Gasteiger partial charge in [-0.15, -0.1) is 0 Å². The molecule has 3 rings (SSSR count). The van der Waals surface area contributed by atoms with E-state index in [4.69, 9.17) is 0 Å². The third-order valence-electron chi connectivity index (χ3n) is 3.39. The van der Waals surface area contributed by atoms with Crippen molar-refractivity contribution >= 4 is 21.6 Å². The molecule has 2 heterocycles. The van der Waals surface area contributed by atoms with Gasteiger partial charge in [0, 0.05) is 18.3 Å². The van der Waals surface area contributed by atoms with Gasteiger partial charge in [-0.25, -0.2) is 13.1 Å². The Labute approximate surface area is 111 Å². The van der Waals surface area contributed by atoms with Crippen LogP contribution in [0.25, 0.3) is 0 Å². The smallest absolute Gasteiger partial charge is 0.240 e. The second-order valence-electron chi connectivity index (χ2n) is 4.85. The minimum atomic E-state index is -3.51. The molecule has 0 spiro atoms. The number of hydrogen-bond donors (Lipinski definition) is 3. The van der Waals surface area contributed by atoms with Crippen molar-refractivity contribution in [2.75, 3.05) is 18.4 Å². The zero-order chi connectivity index (χ0) is 13.5. The number of hydrogen-bond acceptors (Lipinski definition) is 4. The highest BCUT2D eigenvalue weighted by Crippen LogP contribution is 2.25. The van der Waals surface area contributed by atoms with Gasteiger partial charge in [0.05, 0.1) is 11.3 Å². The van der Waals surface area contributed by atoms with Crippen LogP contribution in [0.1, 0.15) is 12.0 Å². The SMILES string of the molecule is O=C1Cc2cc(S(=O)(=O)NC3CCNC3)ccc2N1. The van der Waals surface area contributed by atoms with Gasteiger partial charge in [-0.05, 0) is 36.7 Å². The zero-order valence-corrected chi connectivity index (χ0v) is 11.1. The summed E-state index contributed by atoms with van der Waals surface area (Å²) < 4.78 is 27.1. The van der Waals surface area contributed by atoms with Crippen molar-refractivity contribution in [2.45, 2.75) is 23.8 Å². The first-order valence-electron chi connectivity index (χ1n) is 6.20. The molecule has 0 bridgehead atoms. The number of benzene rings is 1. The van der Waals surface area contributed by atoms with Gasteiger partial charge < -0.3 is 10.6 Å². The maximum absolute atomic E-state index is 12.2. The molecule has 2 aliphatic heterocycles. The average Bonchev–Trinajstić information content (AvgIpc) is 2.95. The highest BCUT2D eigenvalue weighted by Gasteiger charge is 2.25. The fourth-order valence-electron chi connectivity index (χ4n) is 2.42. The summed E-state index contributed by atoms with van der Waals surface area (Å²) in [7, 11) is -3.51. The molecule has 1 aromatic carbocycles. The van der Waals surface area contributed by atoms with Crippen molar-refractivity contribution in [1.82, 2.24) is 10.0 Å². The molecule has 2 aliphatic rings. The highest BCUT2D eigenvalue weighted by atomic mass is 32.2. The van der Waals surface area contributed by atoms with Gasteiger partial charge in [0.2, 0.25) is 15.9 Å². The summed E-state index contributed by atoms with van der Waals surface area (Å²) in [6.07, 6.45) is 1.04. The van der Waals surface area contributed by atoms with Crippen LogP contribution in [0.3, 0.4) is 0 Å². The lowest BCUT2D eigenvalue weighted by Gasteiger charge is -2.12. The van der Waals surface area contributed by atoms with Crippen LogP contribution in [0.15, 0.2) is 23.1 Å².